The number of carbonyl (C=O) groups excluding carboxylic acids is 1. The van der Waals surface area contributed by atoms with Crippen LogP contribution in [-0.4, -0.2) is 64.8 Å². The fourth-order valence-corrected chi connectivity index (χ4v) is 3.58. The number of anilines is 2. The van der Waals surface area contributed by atoms with Crippen molar-refractivity contribution in [2.45, 2.75) is 19.3 Å². The molecule has 1 aliphatic heterocycles. The lowest BCUT2D eigenvalue weighted by Gasteiger charge is -2.28. The molecule has 0 saturated carbocycles. The zero-order valence-electron chi connectivity index (χ0n) is 14.9. The number of hydrogen-bond donors (Lipinski definition) is 1. The lowest BCUT2D eigenvalue weighted by molar-refractivity contribution is -0.116. The smallest absolute Gasteiger partial charge is 0.239 e. The number of amides is 1. The Balaban J connectivity index is 1.92. The minimum absolute atomic E-state index is 0.149. The van der Waals surface area contributed by atoms with E-state index in [0.717, 1.165) is 29.3 Å². The molecule has 0 unspecified atom stereocenters. The molecule has 1 aromatic carbocycles. The predicted octanol–water partition coefficient (Wildman–Crippen LogP) is 1.52. The van der Waals surface area contributed by atoms with Gasteiger partial charge in [0.25, 0.3) is 0 Å². The molecule has 0 spiro atoms. The molecule has 0 bridgehead atoms. The molecule has 25 heavy (non-hydrogen) atoms. The highest BCUT2D eigenvalue weighted by Crippen LogP contribution is 2.21. The number of sulfonamides is 1. The SMILES string of the molecule is COCCN(CC(=O)Nc1ccc(N2CCCCC2)cc1)S(C)(=O)=O. The third-order valence-electron chi connectivity index (χ3n) is 4.21. The quantitative estimate of drug-likeness (QED) is 0.752. The second kappa shape index (κ2) is 9.17. The van der Waals surface area contributed by atoms with Crippen LogP contribution in [0.3, 0.4) is 0 Å². The van der Waals surface area contributed by atoms with E-state index < -0.39 is 10.0 Å². The van der Waals surface area contributed by atoms with E-state index in [0.29, 0.717) is 5.69 Å². The van der Waals surface area contributed by atoms with E-state index in [4.69, 9.17) is 4.74 Å². The van der Waals surface area contributed by atoms with Gasteiger partial charge in [0.05, 0.1) is 19.4 Å². The molecule has 0 atom stereocenters. The summed E-state index contributed by atoms with van der Waals surface area (Å²) in [6.45, 7) is 2.29. The molecule has 1 heterocycles. The van der Waals surface area contributed by atoms with E-state index in [1.54, 1.807) is 0 Å². The van der Waals surface area contributed by atoms with Crippen molar-refractivity contribution >= 4 is 27.3 Å². The average Bonchev–Trinajstić information content (AvgIpc) is 2.59. The van der Waals surface area contributed by atoms with Crippen molar-refractivity contribution in [2.75, 3.05) is 56.4 Å². The zero-order chi connectivity index (χ0) is 18.3. The summed E-state index contributed by atoms with van der Waals surface area (Å²) in [5.74, 6) is -0.368. The monoisotopic (exact) mass is 369 g/mol. The van der Waals surface area contributed by atoms with Crippen LogP contribution < -0.4 is 10.2 Å². The summed E-state index contributed by atoms with van der Waals surface area (Å²) in [7, 11) is -1.97. The van der Waals surface area contributed by atoms with Gasteiger partial charge in [-0.3, -0.25) is 4.79 Å². The minimum atomic E-state index is -3.46. The number of rotatable bonds is 8. The van der Waals surface area contributed by atoms with Crippen LogP contribution in [0, 0.1) is 0 Å². The predicted molar refractivity (Wildman–Crippen MR) is 99.4 cm³/mol. The molecule has 1 fully saturated rings. The summed E-state index contributed by atoms with van der Waals surface area (Å²) in [6, 6.07) is 7.67. The van der Waals surface area contributed by atoms with Gasteiger partial charge in [-0.1, -0.05) is 0 Å². The van der Waals surface area contributed by atoms with Crippen molar-refractivity contribution in [3.63, 3.8) is 0 Å². The molecule has 0 aliphatic carbocycles. The Morgan fingerprint density at radius 1 is 1.20 bits per heavy atom. The molecule has 1 aliphatic rings. The van der Waals surface area contributed by atoms with Gasteiger partial charge in [-0.05, 0) is 43.5 Å². The standard InChI is InChI=1S/C17H27N3O4S/c1-24-13-12-20(25(2,22)23)14-17(21)18-15-6-8-16(9-7-15)19-10-4-3-5-11-19/h6-9H,3-5,10-14H2,1-2H3,(H,18,21). The van der Waals surface area contributed by atoms with Crippen molar-refractivity contribution in [1.82, 2.24) is 4.31 Å². The molecular weight excluding hydrogens is 342 g/mol. The zero-order valence-corrected chi connectivity index (χ0v) is 15.7. The first-order chi connectivity index (χ1) is 11.9. The molecule has 0 aromatic heterocycles. The van der Waals surface area contributed by atoms with Crippen LogP contribution in [-0.2, 0) is 19.6 Å². The van der Waals surface area contributed by atoms with Gasteiger partial charge in [-0.25, -0.2) is 8.42 Å². The Kier molecular flexibility index (Phi) is 7.22. The van der Waals surface area contributed by atoms with Gasteiger partial charge in [0.2, 0.25) is 15.9 Å². The number of benzene rings is 1. The van der Waals surface area contributed by atoms with Crippen LogP contribution in [0.25, 0.3) is 0 Å². The summed E-state index contributed by atoms with van der Waals surface area (Å²) in [4.78, 5) is 14.5. The van der Waals surface area contributed by atoms with E-state index in [2.05, 4.69) is 10.2 Å². The first-order valence-electron chi connectivity index (χ1n) is 8.49. The van der Waals surface area contributed by atoms with Gasteiger partial charge in [0.15, 0.2) is 0 Å². The third-order valence-corrected chi connectivity index (χ3v) is 5.46. The van der Waals surface area contributed by atoms with Gasteiger partial charge in [0, 0.05) is 38.1 Å². The number of carbonyl (C=O) groups is 1. The second-order valence-electron chi connectivity index (χ2n) is 6.23. The minimum Gasteiger partial charge on any atom is -0.383 e. The number of nitrogens with zero attached hydrogens (tertiary/aromatic N) is 2. The van der Waals surface area contributed by atoms with Crippen molar-refractivity contribution in [2.24, 2.45) is 0 Å². The van der Waals surface area contributed by atoms with Gasteiger partial charge < -0.3 is 15.0 Å². The Morgan fingerprint density at radius 3 is 2.40 bits per heavy atom. The number of piperidine rings is 1. The van der Waals surface area contributed by atoms with Crippen molar-refractivity contribution < 1.29 is 17.9 Å². The normalized spacial score (nSPS) is 15.4. The number of methoxy groups -OCH3 is 1. The molecule has 0 radical (unpaired) electrons. The topological polar surface area (TPSA) is 79.0 Å². The number of nitrogens with one attached hydrogen (secondary N) is 1. The highest BCUT2D eigenvalue weighted by molar-refractivity contribution is 7.88. The fourth-order valence-electron chi connectivity index (χ4n) is 2.82. The van der Waals surface area contributed by atoms with Gasteiger partial charge in [-0.2, -0.15) is 4.31 Å². The van der Waals surface area contributed by atoms with Gasteiger partial charge >= 0.3 is 0 Å². The van der Waals surface area contributed by atoms with Crippen LogP contribution in [0.15, 0.2) is 24.3 Å². The van der Waals surface area contributed by atoms with Crippen molar-refractivity contribution in [1.29, 1.82) is 0 Å². The van der Waals surface area contributed by atoms with Crippen LogP contribution >= 0.6 is 0 Å². The maximum Gasteiger partial charge on any atom is 0.239 e. The lowest BCUT2D eigenvalue weighted by Crippen LogP contribution is -2.39. The van der Waals surface area contributed by atoms with E-state index >= 15 is 0 Å². The molecule has 1 N–H and O–H groups in total. The Labute approximate surface area is 150 Å². The molecule has 1 saturated heterocycles. The van der Waals surface area contributed by atoms with Crippen molar-refractivity contribution in [3.05, 3.63) is 24.3 Å². The van der Waals surface area contributed by atoms with Gasteiger partial charge in [-0.15, -0.1) is 0 Å². The molecule has 140 valence electrons. The van der Waals surface area contributed by atoms with Crippen LogP contribution in [0.1, 0.15) is 19.3 Å². The van der Waals surface area contributed by atoms with E-state index in [1.807, 2.05) is 24.3 Å². The van der Waals surface area contributed by atoms with Crippen LogP contribution in [0.4, 0.5) is 11.4 Å². The van der Waals surface area contributed by atoms with E-state index in [9.17, 15) is 13.2 Å². The molecule has 2 rings (SSSR count). The highest BCUT2D eigenvalue weighted by Gasteiger charge is 2.20. The number of ether oxygens (including phenoxy) is 1. The third kappa shape index (κ3) is 6.30. The summed E-state index contributed by atoms with van der Waals surface area (Å²) in [5, 5.41) is 2.75. The lowest BCUT2D eigenvalue weighted by atomic mass is 10.1. The first kappa shape index (κ1) is 19.7. The molecule has 1 aromatic rings. The van der Waals surface area contributed by atoms with Crippen LogP contribution in [0.2, 0.25) is 0 Å². The van der Waals surface area contributed by atoms with E-state index in [-0.39, 0.29) is 25.6 Å². The highest BCUT2D eigenvalue weighted by atomic mass is 32.2. The molecule has 7 nitrogen and oxygen atoms in total. The maximum absolute atomic E-state index is 12.2. The second-order valence-corrected chi connectivity index (χ2v) is 8.21. The average molecular weight is 369 g/mol. The Morgan fingerprint density at radius 2 is 1.84 bits per heavy atom. The van der Waals surface area contributed by atoms with Gasteiger partial charge in [0.1, 0.15) is 0 Å². The summed E-state index contributed by atoms with van der Waals surface area (Å²) in [5.41, 5.74) is 1.81. The molecular formula is C17H27N3O4S. The Hall–Kier alpha value is -1.64. The summed E-state index contributed by atoms with van der Waals surface area (Å²) >= 11 is 0. The van der Waals surface area contributed by atoms with E-state index in [1.165, 1.54) is 26.4 Å². The van der Waals surface area contributed by atoms with Crippen LogP contribution in [0.5, 0.6) is 0 Å². The molecule has 8 heteroatoms. The summed E-state index contributed by atoms with van der Waals surface area (Å²) in [6.07, 6.45) is 4.79. The first-order valence-corrected chi connectivity index (χ1v) is 10.3. The number of hydrogen-bond acceptors (Lipinski definition) is 5. The fraction of sp³-hybridized carbons (Fsp3) is 0.588. The summed E-state index contributed by atoms with van der Waals surface area (Å²) < 4.78 is 29.5. The maximum atomic E-state index is 12.2. The Bertz CT molecular complexity index is 655. The van der Waals surface area contributed by atoms with Crippen molar-refractivity contribution in [3.8, 4) is 0 Å². The largest absolute Gasteiger partial charge is 0.383 e. The molecule has 1 amide bonds.